The van der Waals surface area contributed by atoms with Crippen LogP contribution in [0.4, 0.5) is 10.5 Å². The smallest absolute Gasteiger partial charge is 0.409 e. The summed E-state index contributed by atoms with van der Waals surface area (Å²) in [5, 5.41) is 11.9. The van der Waals surface area contributed by atoms with Crippen LogP contribution in [-0.2, 0) is 0 Å². The van der Waals surface area contributed by atoms with E-state index in [1.807, 2.05) is 0 Å². The van der Waals surface area contributed by atoms with Gasteiger partial charge in [-0.3, -0.25) is 5.32 Å². The van der Waals surface area contributed by atoms with Crippen LogP contribution in [0.2, 0.25) is 20.1 Å². The molecule has 8 heteroatoms. The third kappa shape index (κ3) is 4.32. The Labute approximate surface area is 140 Å². The lowest BCUT2D eigenvalue weighted by atomic mass is 10.3. The maximum Gasteiger partial charge on any atom is 0.409 e. The Kier molecular flexibility index (Phi) is 5.06. The van der Waals surface area contributed by atoms with Gasteiger partial charge in [0.15, 0.2) is 5.75 Å². The summed E-state index contributed by atoms with van der Waals surface area (Å²) in [4.78, 5) is 10.6. The van der Waals surface area contributed by atoms with Crippen molar-refractivity contribution in [1.29, 1.82) is 0 Å². The van der Waals surface area contributed by atoms with Crippen LogP contribution in [0.3, 0.4) is 0 Å². The van der Waals surface area contributed by atoms with Crippen LogP contribution in [-0.4, -0.2) is 11.2 Å². The largest absolute Gasteiger partial charge is 0.465 e. The first-order valence-electron chi connectivity index (χ1n) is 5.48. The number of carbonyl (C=O) groups is 1. The van der Waals surface area contributed by atoms with Crippen LogP contribution in [0.1, 0.15) is 0 Å². The second-order valence-electron chi connectivity index (χ2n) is 3.91. The minimum Gasteiger partial charge on any atom is -0.465 e. The maximum atomic E-state index is 10.6. The molecular weight excluding hydrogens is 360 g/mol. The molecule has 2 aromatic rings. The third-order valence-corrected chi connectivity index (χ3v) is 3.30. The third-order valence-electron chi connectivity index (χ3n) is 2.31. The number of halogens is 4. The Hall–Kier alpha value is -1.33. The molecule has 4 nitrogen and oxygen atoms in total. The summed E-state index contributed by atoms with van der Waals surface area (Å²) in [6.07, 6.45) is -1.22. The summed E-state index contributed by atoms with van der Waals surface area (Å²) >= 11 is 23.8. The monoisotopic (exact) mass is 365 g/mol. The molecule has 1 amide bonds. The molecule has 2 N–H and O–H groups in total. The lowest BCUT2D eigenvalue weighted by Crippen LogP contribution is -2.07. The highest BCUT2D eigenvalue weighted by Crippen LogP contribution is 2.39. The van der Waals surface area contributed by atoms with Crippen LogP contribution >= 0.6 is 46.4 Å². The van der Waals surface area contributed by atoms with Crippen LogP contribution in [0.5, 0.6) is 11.5 Å². The lowest BCUT2D eigenvalue weighted by Gasteiger charge is -2.12. The zero-order valence-corrected chi connectivity index (χ0v) is 13.2. The number of carboxylic acid groups (broad SMARTS) is 1. The van der Waals surface area contributed by atoms with Crippen LogP contribution < -0.4 is 10.1 Å². The number of ether oxygens (including phenoxy) is 1. The van der Waals surface area contributed by atoms with Crippen molar-refractivity contribution in [1.82, 2.24) is 0 Å². The molecule has 0 radical (unpaired) electrons. The van der Waals surface area contributed by atoms with Crippen LogP contribution in [0.25, 0.3) is 0 Å². The summed E-state index contributed by atoms with van der Waals surface area (Å²) in [6.45, 7) is 0. The fraction of sp³-hybridized carbons (Fsp3) is 0. The van der Waals surface area contributed by atoms with Gasteiger partial charge in [-0.15, -0.1) is 0 Å². The van der Waals surface area contributed by atoms with Gasteiger partial charge in [-0.25, -0.2) is 4.79 Å². The molecule has 0 unspecified atom stereocenters. The first-order valence-corrected chi connectivity index (χ1v) is 6.99. The molecule has 2 rings (SSSR count). The molecule has 110 valence electrons. The Morgan fingerprint density at radius 2 is 1.48 bits per heavy atom. The van der Waals surface area contributed by atoms with Gasteiger partial charge < -0.3 is 9.84 Å². The van der Waals surface area contributed by atoms with E-state index in [2.05, 4.69) is 5.32 Å². The van der Waals surface area contributed by atoms with E-state index in [4.69, 9.17) is 56.2 Å². The Bertz CT molecular complexity index is 663. The summed E-state index contributed by atoms with van der Waals surface area (Å²) in [6, 6.07) is 7.40. The molecule has 0 aliphatic rings. The van der Waals surface area contributed by atoms with Gasteiger partial charge in [-0.2, -0.15) is 0 Å². The summed E-state index contributed by atoms with van der Waals surface area (Å²) in [7, 11) is 0. The molecule has 0 heterocycles. The Balaban J connectivity index is 2.34. The predicted octanol–water partition coefficient (Wildman–Crippen LogP) is 6.18. The minimum absolute atomic E-state index is 0.141. The number of hydrogen-bond acceptors (Lipinski definition) is 2. The number of anilines is 1. The average Bonchev–Trinajstić information content (AvgIpc) is 2.31. The molecule has 0 atom stereocenters. The zero-order chi connectivity index (χ0) is 15.6. The van der Waals surface area contributed by atoms with E-state index in [0.717, 1.165) is 0 Å². The lowest BCUT2D eigenvalue weighted by molar-refractivity contribution is 0.209. The fourth-order valence-corrected chi connectivity index (χ4v) is 2.63. The van der Waals surface area contributed by atoms with Crippen molar-refractivity contribution in [2.75, 3.05) is 5.32 Å². The van der Waals surface area contributed by atoms with E-state index in [0.29, 0.717) is 15.8 Å². The normalized spacial score (nSPS) is 10.3. The van der Waals surface area contributed by atoms with Crippen LogP contribution in [0.15, 0.2) is 30.3 Å². The second-order valence-corrected chi connectivity index (χ2v) is 5.59. The number of nitrogens with one attached hydrogen (secondary N) is 1. The van der Waals surface area contributed by atoms with Crippen molar-refractivity contribution < 1.29 is 14.6 Å². The molecule has 0 spiro atoms. The van der Waals surface area contributed by atoms with Crippen molar-refractivity contribution in [2.24, 2.45) is 0 Å². The van der Waals surface area contributed by atoms with Gasteiger partial charge in [-0.05, 0) is 30.3 Å². The van der Waals surface area contributed by atoms with Gasteiger partial charge in [-0.1, -0.05) is 46.4 Å². The SMILES string of the molecule is O=C(O)Nc1cc(Cl)c(Oc2cc(Cl)cc(Cl)c2)c(Cl)c1. The summed E-state index contributed by atoms with van der Waals surface area (Å²) in [5.41, 5.74) is 0.231. The zero-order valence-electron chi connectivity index (χ0n) is 10.2. The quantitative estimate of drug-likeness (QED) is 0.681. The average molecular weight is 367 g/mol. The van der Waals surface area contributed by atoms with Gasteiger partial charge in [0.1, 0.15) is 5.75 Å². The molecule has 2 aromatic carbocycles. The highest BCUT2D eigenvalue weighted by molar-refractivity contribution is 6.38. The van der Waals surface area contributed by atoms with E-state index < -0.39 is 6.09 Å². The second kappa shape index (κ2) is 6.62. The topological polar surface area (TPSA) is 58.6 Å². The molecule has 21 heavy (non-hydrogen) atoms. The number of benzene rings is 2. The van der Waals surface area contributed by atoms with Crippen molar-refractivity contribution in [3.05, 3.63) is 50.4 Å². The first-order chi connectivity index (χ1) is 9.85. The van der Waals surface area contributed by atoms with Crippen molar-refractivity contribution in [3.8, 4) is 11.5 Å². The molecule has 0 aliphatic heterocycles. The molecule has 0 aliphatic carbocycles. The molecule has 0 fully saturated rings. The maximum absolute atomic E-state index is 10.6. The highest BCUT2D eigenvalue weighted by Gasteiger charge is 2.13. The van der Waals surface area contributed by atoms with Crippen molar-refractivity contribution >= 4 is 58.2 Å². The Morgan fingerprint density at radius 3 is 1.95 bits per heavy atom. The minimum atomic E-state index is -1.22. The van der Waals surface area contributed by atoms with E-state index in [-0.39, 0.29) is 21.5 Å². The van der Waals surface area contributed by atoms with Gasteiger partial charge in [0.2, 0.25) is 0 Å². The molecule has 0 saturated carbocycles. The molecule has 0 aromatic heterocycles. The number of rotatable bonds is 3. The van der Waals surface area contributed by atoms with E-state index >= 15 is 0 Å². The van der Waals surface area contributed by atoms with Crippen molar-refractivity contribution in [2.45, 2.75) is 0 Å². The van der Waals surface area contributed by atoms with Gasteiger partial charge in [0.05, 0.1) is 10.0 Å². The van der Waals surface area contributed by atoms with Gasteiger partial charge in [0.25, 0.3) is 0 Å². The van der Waals surface area contributed by atoms with Gasteiger partial charge >= 0.3 is 6.09 Å². The van der Waals surface area contributed by atoms with E-state index in [9.17, 15) is 4.79 Å². The highest BCUT2D eigenvalue weighted by atomic mass is 35.5. The standard InChI is InChI=1S/C13H7Cl4NO3/c14-6-1-7(15)3-9(2-6)21-12-10(16)4-8(5-11(12)17)18-13(19)20/h1-5,18H,(H,19,20). The number of hydrogen-bond donors (Lipinski definition) is 2. The van der Waals surface area contributed by atoms with E-state index in [1.54, 1.807) is 18.2 Å². The predicted molar refractivity (Wildman–Crippen MR) is 84.6 cm³/mol. The summed E-state index contributed by atoms with van der Waals surface area (Å²) < 4.78 is 5.55. The first kappa shape index (κ1) is 16.0. The summed E-state index contributed by atoms with van der Waals surface area (Å²) in [5.74, 6) is 0.530. The van der Waals surface area contributed by atoms with Crippen molar-refractivity contribution in [3.63, 3.8) is 0 Å². The molecular formula is C13H7Cl4NO3. The fourth-order valence-electron chi connectivity index (χ4n) is 1.56. The van der Waals surface area contributed by atoms with E-state index in [1.165, 1.54) is 12.1 Å². The molecule has 0 saturated heterocycles. The Morgan fingerprint density at radius 1 is 0.952 bits per heavy atom. The van der Waals surface area contributed by atoms with Crippen LogP contribution in [0, 0.1) is 0 Å². The van der Waals surface area contributed by atoms with Gasteiger partial charge in [0, 0.05) is 15.7 Å². The number of amides is 1. The molecule has 0 bridgehead atoms.